The Hall–Kier alpha value is -2.25. The molecule has 0 spiro atoms. The second-order valence-corrected chi connectivity index (χ2v) is 8.36. The summed E-state index contributed by atoms with van der Waals surface area (Å²) < 4.78 is 40.3. The minimum Gasteiger partial charge on any atom is -0.336 e. The maximum atomic E-state index is 13.4. The molecule has 3 rings (SSSR count). The van der Waals surface area contributed by atoms with Crippen LogP contribution in [0.5, 0.6) is 0 Å². The van der Waals surface area contributed by atoms with Crippen molar-refractivity contribution in [3.63, 3.8) is 0 Å². The molecule has 1 saturated heterocycles. The van der Waals surface area contributed by atoms with Gasteiger partial charge >= 0.3 is 0 Å². The van der Waals surface area contributed by atoms with Crippen molar-refractivity contribution in [1.82, 2.24) is 9.21 Å². The molecule has 138 valence electrons. The normalized spacial score (nSPS) is 15.9. The van der Waals surface area contributed by atoms with E-state index >= 15 is 0 Å². The number of benzene rings is 2. The molecule has 0 unspecified atom stereocenters. The van der Waals surface area contributed by atoms with Crippen molar-refractivity contribution in [2.75, 3.05) is 26.2 Å². The smallest absolute Gasteiger partial charge is 0.254 e. The summed E-state index contributed by atoms with van der Waals surface area (Å²) in [4.78, 5) is 14.4. The van der Waals surface area contributed by atoms with E-state index in [1.807, 2.05) is 25.1 Å². The molecule has 0 aliphatic carbocycles. The molecule has 0 saturated carbocycles. The number of halogens is 1. The Morgan fingerprint density at radius 2 is 1.62 bits per heavy atom. The fraction of sp³-hybridized carbons (Fsp3) is 0.316. The van der Waals surface area contributed by atoms with E-state index in [1.165, 1.54) is 29.4 Å². The number of rotatable bonds is 3. The molecule has 5 nitrogen and oxygen atoms in total. The van der Waals surface area contributed by atoms with Crippen LogP contribution in [0.15, 0.2) is 47.4 Å². The molecule has 0 bridgehead atoms. The molecule has 0 radical (unpaired) electrons. The van der Waals surface area contributed by atoms with Gasteiger partial charge in [0.2, 0.25) is 10.0 Å². The Kier molecular flexibility index (Phi) is 5.11. The number of hydrogen-bond acceptors (Lipinski definition) is 3. The highest BCUT2D eigenvalue weighted by Gasteiger charge is 2.31. The molecule has 1 heterocycles. The lowest BCUT2D eigenvalue weighted by Crippen LogP contribution is -2.50. The van der Waals surface area contributed by atoms with Gasteiger partial charge in [0.15, 0.2) is 0 Å². The summed E-state index contributed by atoms with van der Waals surface area (Å²) in [6.45, 7) is 4.50. The molecule has 1 aliphatic heterocycles. The van der Waals surface area contributed by atoms with Gasteiger partial charge in [-0.1, -0.05) is 18.2 Å². The minimum absolute atomic E-state index is 0.0788. The number of aryl methyl sites for hydroxylation is 2. The first kappa shape index (κ1) is 18.5. The zero-order valence-electron chi connectivity index (χ0n) is 14.8. The molecule has 1 amide bonds. The van der Waals surface area contributed by atoms with E-state index in [4.69, 9.17) is 0 Å². The van der Waals surface area contributed by atoms with Crippen LogP contribution >= 0.6 is 0 Å². The fourth-order valence-corrected chi connectivity index (χ4v) is 4.55. The van der Waals surface area contributed by atoms with Gasteiger partial charge in [-0.05, 0) is 49.2 Å². The third-order valence-electron chi connectivity index (χ3n) is 4.67. The largest absolute Gasteiger partial charge is 0.336 e. The maximum Gasteiger partial charge on any atom is 0.254 e. The van der Waals surface area contributed by atoms with Crippen molar-refractivity contribution in [1.29, 1.82) is 0 Å². The Balaban J connectivity index is 1.72. The lowest BCUT2D eigenvalue weighted by atomic mass is 10.1. The number of amides is 1. The number of nitrogens with zero attached hydrogens (tertiary/aromatic N) is 2. The second-order valence-electron chi connectivity index (χ2n) is 6.42. The Bertz CT molecular complexity index is 936. The molecule has 1 aliphatic rings. The van der Waals surface area contributed by atoms with Crippen LogP contribution in [-0.4, -0.2) is 49.7 Å². The molecular weight excluding hydrogens is 355 g/mol. The van der Waals surface area contributed by atoms with Crippen LogP contribution < -0.4 is 0 Å². The molecule has 26 heavy (non-hydrogen) atoms. The van der Waals surface area contributed by atoms with Crippen LogP contribution in [0.25, 0.3) is 0 Å². The first-order valence-electron chi connectivity index (χ1n) is 8.42. The standard InChI is InChI=1S/C19H21FN2O3S/c1-14-5-3-4-6-17(14)19(23)21-9-11-22(12-10-21)26(24,25)16-7-8-18(20)15(2)13-16/h3-8,13H,9-12H2,1-2H3. The van der Waals surface area contributed by atoms with Crippen molar-refractivity contribution < 1.29 is 17.6 Å². The number of piperazine rings is 1. The van der Waals surface area contributed by atoms with Crippen LogP contribution in [0.4, 0.5) is 4.39 Å². The van der Waals surface area contributed by atoms with Crippen molar-refractivity contribution in [3.05, 3.63) is 65.0 Å². The lowest BCUT2D eigenvalue weighted by molar-refractivity contribution is 0.0697. The summed E-state index contributed by atoms with van der Waals surface area (Å²) in [5.74, 6) is -0.518. The average molecular weight is 376 g/mol. The first-order valence-corrected chi connectivity index (χ1v) is 9.86. The minimum atomic E-state index is -3.69. The van der Waals surface area contributed by atoms with Crippen molar-refractivity contribution in [3.8, 4) is 0 Å². The van der Waals surface area contributed by atoms with Crippen LogP contribution in [0.2, 0.25) is 0 Å². The van der Waals surface area contributed by atoms with Crippen molar-refractivity contribution in [2.45, 2.75) is 18.7 Å². The summed E-state index contributed by atoms with van der Waals surface area (Å²) in [6.07, 6.45) is 0. The lowest BCUT2D eigenvalue weighted by Gasteiger charge is -2.34. The SMILES string of the molecule is Cc1cc(S(=O)(=O)N2CCN(C(=O)c3ccccc3C)CC2)ccc1F. The highest BCUT2D eigenvalue weighted by atomic mass is 32.2. The van der Waals surface area contributed by atoms with Gasteiger partial charge in [0.25, 0.3) is 5.91 Å². The van der Waals surface area contributed by atoms with Crippen LogP contribution in [0.1, 0.15) is 21.5 Å². The molecular formula is C19H21FN2O3S. The second kappa shape index (κ2) is 7.17. The third-order valence-corrected chi connectivity index (χ3v) is 6.56. The molecule has 0 N–H and O–H groups in total. The van der Waals surface area contributed by atoms with Gasteiger partial charge in [0.1, 0.15) is 5.82 Å². The number of sulfonamides is 1. The van der Waals surface area contributed by atoms with Gasteiger partial charge in [-0.15, -0.1) is 0 Å². The van der Waals surface area contributed by atoms with Crippen molar-refractivity contribution >= 4 is 15.9 Å². The molecule has 0 atom stereocenters. The van der Waals surface area contributed by atoms with Crippen LogP contribution in [-0.2, 0) is 10.0 Å². The van der Waals surface area contributed by atoms with Gasteiger partial charge in [-0.25, -0.2) is 12.8 Å². The molecule has 2 aromatic rings. The third kappa shape index (κ3) is 3.50. The maximum absolute atomic E-state index is 13.4. The summed E-state index contributed by atoms with van der Waals surface area (Å²) in [5.41, 5.74) is 1.83. The molecule has 1 fully saturated rings. The summed E-state index contributed by atoms with van der Waals surface area (Å²) in [6, 6.07) is 11.1. The monoisotopic (exact) mass is 376 g/mol. The Labute approximate surface area is 153 Å². The zero-order valence-corrected chi connectivity index (χ0v) is 15.6. The van der Waals surface area contributed by atoms with Gasteiger partial charge in [0, 0.05) is 31.7 Å². The Morgan fingerprint density at radius 3 is 2.23 bits per heavy atom. The molecule has 0 aromatic heterocycles. The highest BCUT2D eigenvalue weighted by Crippen LogP contribution is 2.21. The van der Waals surface area contributed by atoms with Crippen molar-refractivity contribution in [2.24, 2.45) is 0 Å². The summed E-state index contributed by atoms with van der Waals surface area (Å²) in [7, 11) is -3.69. The van der Waals surface area contributed by atoms with E-state index in [-0.39, 0.29) is 23.9 Å². The molecule has 2 aromatic carbocycles. The van der Waals surface area contributed by atoms with Gasteiger partial charge in [-0.3, -0.25) is 4.79 Å². The first-order chi connectivity index (χ1) is 12.3. The van der Waals surface area contributed by atoms with Crippen LogP contribution in [0.3, 0.4) is 0 Å². The fourth-order valence-electron chi connectivity index (χ4n) is 3.04. The van der Waals surface area contributed by atoms with Gasteiger partial charge in [-0.2, -0.15) is 4.31 Å². The number of carbonyl (C=O) groups is 1. The van der Waals surface area contributed by atoms with E-state index in [0.29, 0.717) is 24.2 Å². The van der Waals surface area contributed by atoms with Gasteiger partial charge < -0.3 is 4.90 Å². The highest BCUT2D eigenvalue weighted by molar-refractivity contribution is 7.89. The molecule has 7 heteroatoms. The summed E-state index contributed by atoms with van der Waals surface area (Å²) >= 11 is 0. The van der Waals surface area contributed by atoms with Gasteiger partial charge in [0.05, 0.1) is 4.90 Å². The zero-order chi connectivity index (χ0) is 18.9. The quantitative estimate of drug-likeness (QED) is 0.827. The van der Waals surface area contributed by atoms with Crippen LogP contribution in [0, 0.1) is 19.7 Å². The topological polar surface area (TPSA) is 57.7 Å². The number of hydrogen-bond donors (Lipinski definition) is 0. The summed E-state index contributed by atoms with van der Waals surface area (Å²) in [5, 5.41) is 0. The van der Waals surface area contributed by atoms with E-state index in [9.17, 15) is 17.6 Å². The van der Waals surface area contributed by atoms with E-state index < -0.39 is 15.8 Å². The Morgan fingerprint density at radius 1 is 0.962 bits per heavy atom. The van der Waals surface area contributed by atoms with E-state index in [1.54, 1.807) is 11.0 Å². The average Bonchev–Trinajstić information content (AvgIpc) is 2.64. The van der Waals surface area contributed by atoms with E-state index in [2.05, 4.69) is 0 Å². The van der Waals surface area contributed by atoms with E-state index in [0.717, 1.165) is 5.56 Å². The number of carbonyl (C=O) groups excluding carboxylic acids is 1. The predicted octanol–water partition coefficient (Wildman–Crippen LogP) is 2.59. The predicted molar refractivity (Wildman–Crippen MR) is 97.0 cm³/mol.